The number of nitro benzene ring substituents is 1. The first-order valence-corrected chi connectivity index (χ1v) is 5.45. The lowest BCUT2D eigenvalue weighted by Gasteiger charge is -2.08. The van der Waals surface area contributed by atoms with Gasteiger partial charge in [0.25, 0.3) is 0 Å². The van der Waals surface area contributed by atoms with Crippen LogP contribution < -0.4 is 4.74 Å². The molecule has 0 N–H and O–H groups in total. The number of hydrogen-bond acceptors (Lipinski definition) is 5. The molecule has 0 radical (unpaired) electrons. The molecule has 1 aromatic carbocycles. The zero-order chi connectivity index (χ0) is 14.0. The monoisotopic (exact) mass is 283 g/mol. The predicted octanol–water partition coefficient (Wildman–Crippen LogP) is 3.28. The first kappa shape index (κ1) is 13.2. The second-order valence-corrected chi connectivity index (χ2v) is 3.92. The Bertz CT molecular complexity index is 651. The van der Waals surface area contributed by atoms with Crippen LogP contribution in [0, 0.1) is 22.9 Å². The van der Waals surface area contributed by atoms with Crippen LogP contribution in [0.1, 0.15) is 5.56 Å². The van der Waals surface area contributed by atoms with Crippen molar-refractivity contribution in [3.05, 3.63) is 51.2 Å². The molecule has 1 aromatic heterocycles. The molecule has 0 unspecified atom stereocenters. The highest BCUT2D eigenvalue weighted by atomic mass is 35.5. The van der Waals surface area contributed by atoms with Gasteiger partial charge in [-0.05, 0) is 13.0 Å². The van der Waals surface area contributed by atoms with E-state index >= 15 is 0 Å². The summed E-state index contributed by atoms with van der Waals surface area (Å²) in [5, 5.41) is 11.0. The van der Waals surface area contributed by atoms with E-state index in [1.807, 2.05) is 0 Å². The van der Waals surface area contributed by atoms with E-state index in [1.165, 1.54) is 0 Å². The Morgan fingerprint density at radius 3 is 2.84 bits per heavy atom. The van der Waals surface area contributed by atoms with E-state index in [4.69, 9.17) is 16.3 Å². The van der Waals surface area contributed by atoms with Crippen molar-refractivity contribution >= 4 is 17.3 Å². The molecule has 6 nitrogen and oxygen atoms in total. The molecule has 2 aromatic rings. The number of halogens is 2. The number of nitrogens with zero attached hydrogens (tertiary/aromatic N) is 3. The largest absolute Gasteiger partial charge is 0.431 e. The molecule has 1 heterocycles. The SMILES string of the molecule is Cc1c(Cl)ncnc1Oc1cc(F)ccc1[N+](=O)[O-]. The molecule has 98 valence electrons. The van der Waals surface area contributed by atoms with Gasteiger partial charge in [-0.2, -0.15) is 0 Å². The van der Waals surface area contributed by atoms with Crippen LogP contribution in [0.2, 0.25) is 5.15 Å². The summed E-state index contributed by atoms with van der Waals surface area (Å²) in [6.45, 7) is 1.59. The fraction of sp³-hybridized carbons (Fsp3) is 0.0909. The minimum absolute atomic E-state index is 0.0358. The minimum Gasteiger partial charge on any atom is -0.431 e. The van der Waals surface area contributed by atoms with E-state index in [-0.39, 0.29) is 22.5 Å². The average Bonchev–Trinajstić information content (AvgIpc) is 2.35. The summed E-state index contributed by atoms with van der Waals surface area (Å²) in [5.74, 6) is -0.866. The van der Waals surface area contributed by atoms with E-state index in [0.29, 0.717) is 5.56 Å². The summed E-state index contributed by atoms with van der Waals surface area (Å²) in [6, 6.07) is 2.90. The number of nitro groups is 1. The van der Waals surface area contributed by atoms with Crippen molar-refractivity contribution in [1.29, 1.82) is 0 Å². The number of benzene rings is 1. The first-order valence-electron chi connectivity index (χ1n) is 5.08. The lowest BCUT2D eigenvalue weighted by atomic mass is 10.3. The maximum absolute atomic E-state index is 13.1. The summed E-state index contributed by atoms with van der Waals surface area (Å²) in [5.41, 5.74) is 0.0401. The predicted molar refractivity (Wildman–Crippen MR) is 64.9 cm³/mol. The molecule has 19 heavy (non-hydrogen) atoms. The highest BCUT2D eigenvalue weighted by Gasteiger charge is 2.18. The third-order valence-corrected chi connectivity index (χ3v) is 2.68. The van der Waals surface area contributed by atoms with Crippen molar-refractivity contribution in [2.24, 2.45) is 0 Å². The van der Waals surface area contributed by atoms with E-state index in [9.17, 15) is 14.5 Å². The molecule has 0 aliphatic heterocycles. The maximum atomic E-state index is 13.1. The molecule has 0 spiro atoms. The first-order chi connectivity index (χ1) is 8.99. The Morgan fingerprint density at radius 1 is 1.42 bits per heavy atom. The summed E-state index contributed by atoms with van der Waals surface area (Å²) in [4.78, 5) is 17.7. The molecule has 0 aliphatic carbocycles. The second-order valence-electron chi connectivity index (χ2n) is 3.57. The summed E-state index contributed by atoms with van der Waals surface area (Å²) < 4.78 is 18.4. The number of aromatic nitrogens is 2. The van der Waals surface area contributed by atoms with Crippen molar-refractivity contribution < 1.29 is 14.1 Å². The number of rotatable bonds is 3. The van der Waals surface area contributed by atoms with Gasteiger partial charge in [0.15, 0.2) is 0 Å². The molecule has 8 heteroatoms. The highest BCUT2D eigenvalue weighted by molar-refractivity contribution is 6.30. The second kappa shape index (κ2) is 5.15. The van der Waals surface area contributed by atoms with Crippen molar-refractivity contribution in [1.82, 2.24) is 9.97 Å². The van der Waals surface area contributed by atoms with Crippen LogP contribution in [0.5, 0.6) is 11.6 Å². The zero-order valence-corrected chi connectivity index (χ0v) is 10.4. The summed E-state index contributed by atoms with van der Waals surface area (Å²) in [6.07, 6.45) is 1.15. The van der Waals surface area contributed by atoms with Gasteiger partial charge >= 0.3 is 5.69 Å². The van der Waals surface area contributed by atoms with Crippen LogP contribution in [0.25, 0.3) is 0 Å². The van der Waals surface area contributed by atoms with Crippen molar-refractivity contribution in [2.75, 3.05) is 0 Å². The third-order valence-electron chi connectivity index (χ3n) is 2.30. The van der Waals surface area contributed by atoms with E-state index in [2.05, 4.69) is 9.97 Å². The summed E-state index contributed by atoms with van der Waals surface area (Å²) in [7, 11) is 0. The standard InChI is InChI=1S/C11H7ClFN3O3/c1-6-10(12)14-5-15-11(6)19-9-4-7(13)2-3-8(9)16(17)18/h2-5H,1H3. The quantitative estimate of drug-likeness (QED) is 0.491. The molecule has 0 aliphatic rings. The van der Waals surface area contributed by atoms with Gasteiger partial charge in [0.2, 0.25) is 11.6 Å². The van der Waals surface area contributed by atoms with Crippen molar-refractivity contribution in [3.8, 4) is 11.6 Å². The number of hydrogen-bond donors (Lipinski definition) is 0. The van der Waals surface area contributed by atoms with Gasteiger partial charge in [-0.15, -0.1) is 0 Å². The average molecular weight is 284 g/mol. The van der Waals surface area contributed by atoms with Crippen LogP contribution in [0.4, 0.5) is 10.1 Å². The molecular weight excluding hydrogens is 277 g/mol. The molecule has 0 saturated carbocycles. The molecule has 0 bridgehead atoms. The van der Waals surface area contributed by atoms with Crippen LogP contribution in [-0.2, 0) is 0 Å². The highest BCUT2D eigenvalue weighted by Crippen LogP contribution is 2.33. The molecule has 0 saturated heterocycles. The molecular formula is C11H7ClFN3O3. The van der Waals surface area contributed by atoms with Gasteiger partial charge in [0, 0.05) is 17.7 Å². The van der Waals surface area contributed by atoms with Gasteiger partial charge in [0.1, 0.15) is 17.3 Å². The fourth-order valence-electron chi connectivity index (χ4n) is 1.34. The third kappa shape index (κ3) is 2.76. The minimum atomic E-state index is -0.674. The topological polar surface area (TPSA) is 78.2 Å². The molecule has 0 fully saturated rings. The normalized spacial score (nSPS) is 10.3. The van der Waals surface area contributed by atoms with Crippen LogP contribution >= 0.6 is 11.6 Å². The summed E-state index contributed by atoms with van der Waals surface area (Å²) >= 11 is 5.77. The van der Waals surface area contributed by atoms with Crippen LogP contribution in [-0.4, -0.2) is 14.9 Å². The van der Waals surface area contributed by atoms with Gasteiger partial charge in [-0.3, -0.25) is 10.1 Å². The van der Waals surface area contributed by atoms with E-state index < -0.39 is 10.7 Å². The van der Waals surface area contributed by atoms with Gasteiger partial charge in [0.05, 0.1) is 4.92 Å². The zero-order valence-electron chi connectivity index (χ0n) is 9.63. The van der Waals surface area contributed by atoms with Crippen LogP contribution in [0.3, 0.4) is 0 Å². The van der Waals surface area contributed by atoms with Crippen LogP contribution in [0.15, 0.2) is 24.5 Å². The fourth-order valence-corrected chi connectivity index (χ4v) is 1.47. The Labute approximate surface area is 112 Å². The lowest BCUT2D eigenvalue weighted by Crippen LogP contribution is -1.98. The molecule has 0 atom stereocenters. The Balaban J connectivity index is 2.45. The smallest absolute Gasteiger partial charge is 0.311 e. The van der Waals surface area contributed by atoms with Gasteiger partial charge < -0.3 is 4.74 Å². The molecule has 2 rings (SSSR count). The van der Waals surface area contributed by atoms with Gasteiger partial charge in [-0.1, -0.05) is 11.6 Å². The van der Waals surface area contributed by atoms with Crippen molar-refractivity contribution in [2.45, 2.75) is 6.92 Å². The van der Waals surface area contributed by atoms with Gasteiger partial charge in [-0.25, -0.2) is 14.4 Å². The number of ether oxygens (including phenoxy) is 1. The Kier molecular flexibility index (Phi) is 3.57. The Morgan fingerprint density at radius 2 is 2.16 bits per heavy atom. The van der Waals surface area contributed by atoms with E-state index in [1.54, 1.807) is 6.92 Å². The molecule has 0 amide bonds. The Hall–Kier alpha value is -2.28. The van der Waals surface area contributed by atoms with E-state index in [0.717, 1.165) is 24.5 Å². The van der Waals surface area contributed by atoms with Crippen molar-refractivity contribution in [3.63, 3.8) is 0 Å². The lowest BCUT2D eigenvalue weighted by molar-refractivity contribution is -0.385. The maximum Gasteiger partial charge on any atom is 0.311 e.